The highest BCUT2D eigenvalue weighted by Gasteiger charge is 2.17. The summed E-state index contributed by atoms with van der Waals surface area (Å²) in [7, 11) is 0. The van der Waals surface area contributed by atoms with Gasteiger partial charge in [-0.3, -0.25) is 9.36 Å². The van der Waals surface area contributed by atoms with Crippen LogP contribution in [0.15, 0.2) is 70.4 Å². The minimum absolute atomic E-state index is 0.0158. The lowest BCUT2D eigenvalue weighted by molar-refractivity contribution is -0.121. The number of rotatable bonds is 10. The SMILES string of the molecule is Cc1ccc(-c2nnc(SCCCCC(=O)NCc3ccco3)n2-c2ccc(Cl)c(Cl)c2)cc1. The predicted molar refractivity (Wildman–Crippen MR) is 137 cm³/mol. The lowest BCUT2D eigenvalue weighted by atomic mass is 10.1. The average Bonchev–Trinajstić information content (AvgIpc) is 3.50. The summed E-state index contributed by atoms with van der Waals surface area (Å²) in [6.07, 6.45) is 3.71. The summed E-state index contributed by atoms with van der Waals surface area (Å²) in [5.41, 5.74) is 2.98. The Morgan fingerprint density at radius 1 is 1.06 bits per heavy atom. The summed E-state index contributed by atoms with van der Waals surface area (Å²) in [5.74, 6) is 2.30. The molecular weight excluding hydrogens is 491 g/mol. The fraction of sp³-hybridized carbons (Fsp3) is 0.240. The second kappa shape index (κ2) is 11.6. The molecule has 0 aliphatic heterocycles. The van der Waals surface area contributed by atoms with Crippen molar-refractivity contribution in [1.29, 1.82) is 0 Å². The number of thioether (sulfide) groups is 1. The van der Waals surface area contributed by atoms with E-state index in [4.69, 9.17) is 27.6 Å². The molecule has 0 aliphatic rings. The number of aromatic nitrogens is 3. The van der Waals surface area contributed by atoms with Gasteiger partial charge in [0.15, 0.2) is 11.0 Å². The van der Waals surface area contributed by atoms with E-state index in [2.05, 4.69) is 15.5 Å². The highest BCUT2D eigenvalue weighted by molar-refractivity contribution is 7.99. The van der Waals surface area contributed by atoms with Crippen molar-refractivity contribution >= 4 is 40.9 Å². The van der Waals surface area contributed by atoms with Gasteiger partial charge in [-0.2, -0.15) is 0 Å². The van der Waals surface area contributed by atoms with Gasteiger partial charge in [-0.25, -0.2) is 0 Å². The van der Waals surface area contributed by atoms with Crippen molar-refractivity contribution in [1.82, 2.24) is 20.1 Å². The molecule has 34 heavy (non-hydrogen) atoms. The summed E-state index contributed by atoms with van der Waals surface area (Å²) in [5, 5.41) is 13.5. The Morgan fingerprint density at radius 3 is 2.62 bits per heavy atom. The number of carbonyl (C=O) groups excluding carboxylic acids is 1. The molecule has 4 aromatic rings. The third-order valence-electron chi connectivity index (χ3n) is 5.17. The number of halogens is 2. The van der Waals surface area contributed by atoms with Gasteiger partial charge in [0.1, 0.15) is 5.76 Å². The molecule has 0 saturated carbocycles. The van der Waals surface area contributed by atoms with Crippen LogP contribution in [0.25, 0.3) is 17.1 Å². The zero-order valence-corrected chi connectivity index (χ0v) is 21.0. The van der Waals surface area contributed by atoms with Gasteiger partial charge in [0, 0.05) is 17.7 Å². The number of nitrogens with one attached hydrogen (secondary N) is 1. The zero-order chi connectivity index (χ0) is 23.9. The predicted octanol–water partition coefficient (Wildman–Crippen LogP) is 6.72. The fourth-order valence-electron chi connectivity index (χ4n) is 3.35. The maximum Gasteiger partial charge on any atom is 0.220 e. The first-order chi connectivity index (χ1) is 16.5. The first-order valence-corrected chi connectivity index (χ1v) is 12.6. The van der Waals surface area contributed by atoms with E-state index >= 15 is 0 Å². The Kier molecular flexibility index (Phi) is 8.32. The molecule has 0 fully saturated rings. The molecule has 0 unspecified atom stereocenters. The van der Waals surface area contributed by atoms with Gasteiger partial charge < -0.3 is 9.73 Å². The number of benzene rings is 2. The minimum atomic E-state index is 0.0158. The van der Waals surface area contributed by atoms with Crippen LogP contribution in [0.5, 0.6) is 0 Å². The molecule has 4 rings (SSSR count). The van der Waals surface area contributed by atoms with Crippen LogP contribution in [-0.2, 0) is 11.3 Å². The number of unbranched alkanes of at least 4 members (excludes halogenated alkanes) is 1. The molecule has 176 valence electrons. The van der Waals surface area contributed by atoms with E-state index in [0.29, 0.717) is 23.0 Å². The van der Waals surface area contributed by atoms with Gasteiger partial charge in [0.05, 0.1) is 28.5 Å². The van der Waals surface area contributed by atoms with Crippen molar-refractivity contribution in [2.24, 2.45) is 0 Å². The third-order valence-corrected chi connectivity index (χ3v) is 6.93. The van der Waals surface area contributed by atoms with Gasteiger partial charge in [0.2, 0.25) is 5.91 Å². The van der Waals surface area contributed by atoms with Crippen LogP contribution in [0.2, 0.25) is 10.0 Å². The standard InChI is InChI=1S/C25H24Cl2N4O2S/c1-17-7-9-18(10-8-17)24-29-30-25(31(24)19-11-12-21(26)22(27)15-19)34-14-3-2-6-23(32)28-16-20-5-4-13-33-20/h4-5,7-13,15H,2-3,6,14,16H2,1H3,(H,28,32). The highest BCUT2D eigenvalue weighted by atomic mass is 35.5. The third kappa shape index (κ3) is 6.23. The molecule has 0 spiro atoms. The normalized spacial score (nSPS) is 11.0. The number of aryl methyl sites for hydroxylation is 1. The van der Waals surface area contributed by atoms with Crippen LogP contribution in [0.4, 0.5) is 0 Å². The highest BCUT2D eigenvalue weighted by Crippen LogP contribution is 2.31. The molecule has 1 amide bonds. The number of hydrogen-bond donors (Lipinski definition) is 1. The van der Waals surface area contributed by atoms with Gasteiger partial charge in [0.25, 0.3) is 0 Å². The van der Waals surface area contributed by atoms with Crippen molar-refractivity contribution in [3.8, 4) is 17.1 Å². The zero-order valence-electron chi connectivity index (χ0n) is 18.6. The Morgan fingerprint density at radius 2 is 1.88 bits per heavy atom. The summed E-state index contributed by atoms with van der Waals surface area (Å²) in [6.45, 7) is 2.46. The van der Waals surface area contributed by atoms with Gasteiger partial charge in [-0.15, -0.1) is 10.2 Å². The molecule has 0 atom stereocenters. The lowest BCUT2D eigenvalue weighted by Crippen LogP contribution is -2.22. The average molecular weight is 515 g/mol. The smallest absolute Gasteiger partial charge is 0.220 e. The molecule has 6 nitrogen and oxygen atoms in total. The molecule has 2 aromatic carbocycles. The summed E-state index contributed by atoms with van der Waals surface area (Å²) in [4.78, 5) is 12.0. The van der Waals surface area contributed by atoms with Crippen LogP contribution >= 0.6 is 35.0 Å². The van der Waals surface area contributed by atoms with E-state index in [9.17, 15) is 4.79 Å². The maximum absolute atomic E-state index is 12.0. The quantitative estimate of drug-likeness (QED) is 0.188. The molecular formula is C25H24Cl2N4O2S. The molecule has 9 heteroatoms. The van der Waals surface area contributed by atoms with E-state index in [-0.39, 0.29) is 5.91 Å². The Balaban J connectivity index is 1.40. The van der Waals surface area contributed by atoms with Gasteiger partial charge in [-0.1, -0.05) is 64.8 Å². The van der Waals surface area contributed by atoms with Crippen molar-refractivity contribution in [3.05, 3.63) is 82.2 Å². The Hall–Kier alpha value is -2.74. The first kappa shape index (κ1) is 24.4. The van der Waals surface area contributed by atoms with Crippen molar-refractivity contribution in [2.45, 2.75) is 37.9 Å². The summed E-state index contributed by atoms with van der Waals surface area (Å²) >= 11 is 14.0. The van der Waals surface area contributed by atoms with Gasteiger partial charge in [-0.05, 0) is 50.1 Å². The number of nitrogens with zero attached hydrogens (tertiary/aromatic N) is 3. The topological polar surface area (TPSA) is 73.0 Å². The van der Waals surface area contributed by atoms with Gasteiger partial charge >= 0.3 is 0 Å². The molecule has 2 heterocycles. The van der Waals surface area contributed by atoms with Crippen molar-refractivity contribution in [2.75, 3.05) is 5.75 Å². The van der Waals surface area contributed by atoms with Crippen LogP contribution in [0, 0.1) is 6.92 Å². The van der Waals surface area contributed by atoms with E-state index in [1.807, 2.05) is 54.0 Å². The lowest BCUT2D eigenvalue weighted by Gasteiger charge is -2.11. The number of carbonyl (C=O) groups is 1. The van der Waals surface area contributed by atoms with Crippen LogP contribution in [0.1, 0.15) is 30.6 Å². The molecule has 0 saturated heterocycles. The Bertz CT molecular complexity index is 1240. The minimum Gasteiger partial charge on any atom is -0.467 e. The van der Waals surface area contributed by atoms with E-state index in [1.165, 1.54) is 5.56 Å². The molecule has 2 aromatic heterocycles. The molecule has 0 bridgehead atoms. The summed E-state index contributed by atoms with van der Waals surface area (Å²) in [6, 6.07) is 17.3. The van der Waals surface area contributed by atoms with E-state index in [1.54, 1.807) is 30.2 Å². The first-order valence-electron chi connectivity index (χ1n) is 10.9. The van der Waals surface area contributed by atoms with E-state index < -0.39 is 0 Å². The van der Waals surface area contributed by atoms with Crippen LogP contribution in [-0.4, -0.2) is 26.4 Å². The summed E-state index contributed by atoms with van der Waals surface area (Å²) < 4.78 is 7.22. The molecule has 1 N–H and O–H groups in total. The second-order valence-electron chi connectivity index (χ2n) is 7.77. The molecule has 0 aliphatic carbocycles. The van der Waals surface area contributed by atoms with Crippen molar-refractivity contribution < 1.29 is 9.21 Å². The largest absolute Gasteiger partial charge is 0.467 e. The second-order valence-corrected chi connectivity index (χ2v) is 9.64. The van der Waals surface area contributed by atoms with Crippen LogP contribution < -0.4 is 5.32 Å². The monoisotopic (exact) mass is 514 g/mol. The number of furan rings is 1. The molecule has 0 radical (unpaired) electrons. The van der Waals surface area contributed by atoms with E-state index in [0.717, 1.165) is 46.6 Å². The van der Waals surface area contributed by atoms with Crippen molar-refractivity contribution in [3.63, 3.8) is 0 Å². The Labute approximate surface area is 212 Å². The number of hydrogen-bond acceptors (Lipinski definition) is 5. The fourth-order valence-corrected chi connectivity index (χ4v) is 4.59. The maximum atomic E-state index is 12.0. The van der Waals surface area contributed by atoms with Crippen LogP contribution in [0.3, 0.4) is 0 Å². The number of amides is 1.